The molecule has 8 heteroatoms. The Hall–Kier alpha value is -3.29. The summed E-state index contributed by atoms with van der Waals surface area (Å²) < 4.78 is 29.6. The number of benzene rings is 1. The number of aromatic amines is 1. The third-order valence-corrected chi connectivity index (χ3v) is 6.02. The van der Waals surface area contributed by atoms with Crippen LogP contribution < -0.4 is 0 Å². The minimum absolute atomic E-state index is 0.0467. The number of nitrogens with zero attached hydrogens (tertiary/aromatic N) is 3. The number of H-pyrrole nitrogens is 1. The average Bonchev–Trinajstić information content (AvgIpc) is 3.23. The van der Waals surface area contributed by atoms with E-state index in [1.54, 1.807) is 12.3 Å². The summed E-state index contributed by atoms with van der Waals surface area (Å²) in [5.74, 6) is -2.87. The molecule has 30 heavy (non-hydrogen) atoms. The zero-order valence-electron chi connectivity index (χ0n) is 16.5. The van der Waals surface area contributed by atoms with Gasteiger partial charge in [0.15, 0.2) is 17.3 Å². The van der Waals surface area contributed by atoms with Gasteiger partial charge >= 0.3 is 5.97 Å². The molecule has 0 saturated heterocycles. The molecule has 3 aromatic heterocycles. The van der Waals surface area contributed by atoms with Crippen molar-refractivity contribution in [1.29, 1.82) is 0 Å². The fourth-order valence-corrected chi connectivity index (χ4v) is 4.54. The SMILES string of the molecule is CC(C)c1c(C2CC(C(=O)O)C2)c2nc3[nH]ncc3cc2n1-c1ccc(F)c(F)c1. The van der Waals surface area contributed by atoms with Crippen LogP contribution in [-0.2, 0) is 4.79 Å². The van der Waals surface area contributed by atoms with Crippen molar-refractivity contribution in [1.82, 2.24) is 19.7 Å². The van der Waals surface area contributed by atoms with Crippen LogP contribution in [0.25, 0.3) is 27.8 Å². The summed E-state index contributed by atoms with van der Waals surface area (Å²) in [6.07, 6.45) is 2.74. The molecule has 2 N–H and O–H groups in total. The molecule has 4 aromatic rings. The molecule has 1 saturated carbocycles. The molecule has 3 heterocycles. The Morgan fingerprint density at radius 1 is 1.23 bits per heavy atom. The van der Waals surface area contributed by atoms with E-state index in [-0.39, 0.29) is 17.8 Å². The van der Waals surface area contributed by atoms with Gasteiger partial charge in [-0.2, -0.15) is 5.10 Å². The van der Waals surface area contributed by atoms with Gasteiger partial charge in [-0.15, -0.1) is 0 Å². The average molecular weight is 410 g/mol. The van der Waals surface area contributed by atoms with Crippen LogP contribution >= 0.6 is 0 Å². The zero-order chi connectivity index (χ0) is 21.2. The van der Waals surface area contributed by atoms with Crippen molar-refractivity contribution in [2.75, 3.05) is 0 Å². The highest BCUT2D eigenvalue weighted by Crippen LogP contribution is 2.48. The standard InChI is InChI=1S/C22H20F2N4O2/c1-10(2)20-18(11-5-12(6-11)22(29)30)19-17(7-13-9-25-27-21(13)26-19)28(20)14-3-4-15(23)16(24)8-14/h3-4,7-12H,5-6H2,1-2H3,(H,29,30)(H,25,26,27). The lowest BCUT2D eigenvalue weighted by Crippen LogP contribution is -2.29. The van der Waals surface area contributed by atoms with Crippen molar-refractivity contribution in [2.24, 2.45) is 5.92 Å². The number of nitrogens with one attached hydrogen (secondary N) is 1. The molecule has 0 bridgehead atoms. The Bertz CT molecular complexity index is 1300. The van der Waals surface area contributed by atoms with Gasteiger partial charge in [0, 0.05) is 28.4 Å². The monoisotopic (exact) mass is 410 g/mol. The Kier molecular flexibility index (Phi) is 4.13. The number of aliphatic carboxylic acids is 1. The van der Waals surface area contributed by atoms with Crippen LogP contribution in [0.4, 0.5) is 8.78 Å². The number of pyridine rings is 1. The van der Waals surface area contributed by atoms with Gasteiger partial charge in [-0.25, -0.2) is 13.8 Å². The summed E-state index contributed by atoms with van der Waals surface area (Å²) in [4.78, 5) is 16.2. The highest BCUT2D eigenvalue weighted by Gasteiger charge is 2.39. The van der Waals surface area contributed by atoms with E-state index in [9.17, 15) is 18.7 Å². The predicted molar refractivity (Wildman–Crippen MR) is 108 cm³/mol. The second kappa shape index (κ2) is 6.62. The topological polar surface area (TPSA) is 83.8 Å². The van der Waals surface area contributed by atoms with Gasteiger partial charge in [0.2, 0.25) is 0 Å². The second-order valence-corrected chi connectivity index (χ2v) is 8.25. The van der Waals surface area contributed by atoms with Gasteiger partial charge in [0.1, 0.15) is 0 Å². The van der Waals surface area contributed by atoms with Crippen molar-refractivity contribution < 1.29 is 18.7 Å². The van der Waals surface area contributed by atoms with Gasteiger partial charge in [0.05, 0.1) is 23.1 Å². The number of aromatic nitrogens is 4. The molecule has 0 spiro atoms. The maximum absolute atomic E-state index is 14.1. The fourth-order valence-electron chi connectivity index (χ4n) is 4.54. The van der Waals surface area contributed by atoms with Crippen LogP contribution in [0.2, 0.25) is 0 Å². The first-order valence-corrected chi connectivity index (χ1v) is 9.91. The van der Waals surface area contributed by atoms with Crippen molar-refractivity contribution >= 4 is 28.0 Å². The van der Waals surface area contributed by atoms with E-state index in [1.165, 1.54) is 6.07 Å². The Labute approximate surface area is 170 Å². The van der Waals surface area contributed by atoms with Gasteiger partial charge in [-0.1, -0.05) is 13.8 Å². The van der Waals surface area contributed by atoms with E-state index in [0.717, 1.165) is 33.7 Å². The van der Waals surface area contributed by atoms with Crippen LogP contribution in [0.3, 0.4) is 0 Å². The first-order chi connectivity index (χ1) is 14.3. The number of hydrogen-bond donors (Lipinski definition) is 2. The van der Waals surface area contributed by atoms with Crippen molar-refractivity contribution in [3.05, 3.63) is 53.4 Å². The lowest BCUT2D eigenvalue weighted by molar-refractivity contribution is -0.145. The second-order valence-electron chi connectivity index (χ2n) is 8.25. The number of carbonyl (C=O) groups is 1. The lowest BCUT2D eigenvalue weighted by Gasteiger charge is -2.33. The molecule has 1 aliphatic carbocycles. The number of fused-ring (bicyclic) bond motifs is 2. The normalized spacial score (nSPS) is 19.0. The highest BCUT2D eigenvalue weighted by atomic mass is 19.2. The highest BCUT2D eigenvalue weighted by molar-refractivity contribution is 5.94. The minimum atomic E-state index is -0.919. The summed E-state index contributed by atoms with van der Waals surface area (Å²) >= 11 is 0. The molecule has 0 radical (unpaired) electrons. The molecule has 154 valence electrons. The van der Waals surface area contributed by atoms with Crippen LogP contribution in [0.5, 0.6) is 0 Å². The largest absolute Gasteiger partial charge is 0.481 e. The van der Waals surface area contributed by atoms with E-state index >= 15 is 0 Å². The Balaban J connectivity index is 1.82. The molecule has 6 nitrogen and oxygen atoms in total. The molecule has 1 aliphatic rings. The predicted octanol–water partition coefficient (Wildman–Crippen LogP) is 4.88. The first-order valence-electron chi connectivity index (χ1n) is 9.91. The molecule has 1 fully saturated rings. The third-order valence-electron chi connectivity index (χ3n) is 6.02. The van der Waals surface area contributed by atoms with Crippen LogP contribution in [0.1, 0.15) is 49.8 Å². The van der Waals surface area contributed by atoms with Crippen LogP contribution in [0.15, 0.2) is 30.5 Å². The molecule has 1 aromatic carbocycles. The van der Waals surface area contributed by atoms with Crippen LogP contribution in [0, 0.1) is 17.6 Å². The first kappa shape index (κ1) is 18.7. The number of halogens is 2. The maximum atomic E-state index is 14.1. The van der Waals surface area contributed by atoms with E-state index in [2.05, 4.69) is 10.2 Å². The van der Waals surface area contributed by atoms with Crippen molar-refractivity contribution in [2.45, 2.75) is 38.5 Å². The van der Waals surface area contributed by atoms with Crippen LogP contribution in [-0.4, -0.2) is 30.8 Å². The molecule has 5 rings (SSSR count). The Morgan fingerprint density at radius 3 is 2.67 bits per heavy atom. The summed E-state index contributed by atoms with van der Waals surface area (Å²) in [5.41, 5.74) is 4.58. The van der Waals surface area contributed by atoms with Gasteiger partial charge in [0.25, 0.3) is 0 Å². The number of rotatable bonds is 4. The maximum Gasteiger partial charge on any atom is 0.306 e. The summed E-state index contributed by atoms with van der Waals surface area (Å²) in [7, 11) is 0. The lowest BCUT2D eigenvalue weighted by atomic mass is 9.70. The summed E-state index contributed by atoms with van der Waals surface area (Å²) in [6, 6.07) is 5.79. The smallest absolute Gasteiger partial charge is 0.306 e. The molecular weight excluding hydrogens is 390 g/mol. The van der Waals surface area contributed by atoms with E-state index in [4.69, 9.17) is 4.98 Å². The number of carboxylic acid groups (broad SMARTS) is 1. The van der Waals surface area contributed by atoms with E-state index in [0.29, 0.717) is 24.2 Å². The van der Waals surface area contributed by atoms with E-state index in [1.807, 2.05) is 24.5 Å². The summed E-state index contributed by atoms with van der Waals surface area (Å²) in [6.45, 7) is 4.07. The number of carboxylic acids is 1. The molecule has 0 amide bonds. The summed E-state index contributed by atoms with van der Waals surface area (Å²) in [5, 5.41) is 17.1. The minimum Gasteiger partial charge on any atom is -0.481 e. The van der Waals surface area contributed by atoms with Gasteiger partial charge in [-0.3, -0.25) is 9.89 Å². The molecule has 0 unspecified atom stereocenters. The van der Waals surface area contributed by atoms with Crippen molar-refractivity contribution in [3.8, 4) is 5.69 Å². The Morgan fingerprint density at radius 2 is 2.00 bits per heavy atom. The van der Waals surface area contributed by atoms with Crippen molar-refractivity contribution in [3.63, 3.8) is 0 Å². The molecular formula is C22H20F2N4O2. The third kappa shape index (κ3) is 2.70. The van der Waals surface area contributed by atoms with Gasteiger partial charge < -0.3 is 9.67 Å². The number of hydrogen-bond acceptors (Lipinski definition) is 3. The molecule has 0 atom stereocenters. The quantitative estimate of drug-likeness (QED) is 0.502. The fraction of sp³-hybridized carbons (Fsp3) is 0.318. The zero-order valence-corrected chi connectivity index (χ0v) is 16.5. The van der Waals surface area contributed by atoms with E-state index < -0.39 is 17.6 Å². The molecule has 0 aliphatic heterocycles. The van der Waals surface area contributed by atoms with Gasteiger partial charge in [-0.05, 0) is 42.9 Å².